The van der Waals surface area contributed by atoms with Gasteiger partial charge in [0.15, 0.2) is 11.0 Å². The number of anilines is 1. The molecule has 0 atom stereocenters. The number of ether oxygens (including phenoxy) is 1. The third kappa shape index (κ3) is 5.39. The minimum Gasteiger partial charge on any atom is -0.494 e. The number of halogens is 1. The molecule has 0 aliphatic carbocycles. The van der Waals surface area contributed by atoms with Crippen molar-refractivity contribution >= 4 is 23.6 Å². The lowest BCUT2D eigenvalue weighted by atomic mass is 10.2. The summed E-state index contributed by atoms with van der Waals surface area (Å²) in [5.41, 5.74) is 3.75. The van der Waals surface area contributed by atoms with E-state index in [1.54, 1.807) is 18.3 Å². The number of rotatable bonds is 7. The van der Waals surface area contributed by atoms with Gasteiger partial charge < -0.3 is 4.74 Å². The van der Waals surface area contributed by atoms with E-state index >= 15 is 0 Å². The Hall–Kier alpha value is -2.14. The van der Waals surface area contributed by atoms with Crippen molar-refractivity contribution in [3.05, 3.63) is 47.1 Å². The summed E-state index contributed by atoms with van der Waals surface area (Å²) >= 11 is 5.65. The summed E-state index contributed by atoms with van der Waals surface area (Å²) < 4.78 is 5.60. The van der Waals surface area contributed by atoms with Gasteiger partial charge in [-0.05, 0) is 48.4 Å². The zero-order chi connectivity index (χ0) is 14.9. The molecule has 0 aliphatic rings. The lowest BCUT2D eigenvalue weighted by molar-refractivity contribution is 0.309. The molecule has 0 amide bonds. The Kier molecular flexibility index (Phi) is 5.97. The Labute approximate surface area is 129 Å². The summed E-state index contributed by atoms with van der Waals surface area (Å²) in [5.74, 6) is 1.41. The van der Waals surface area contributed by atoms with E-state index in [1.165, 1.54) is 0 Å². The van der Waals surface area contributed by atoms with Crippen LogP contribution in [0.5, 0.6) is 5.75 Å². The van der Waals surface area contributed by atoms with Crippen LogP contribution in [0, 0.1) is 0 Å². The van der Waals surface area contributed by atoms with Gasteiger partial charge in [-0.25, -0.2) is 0 Å². The van der Waals surface area contributed by atoms with Gasteiger partial charge in [0.1, 0.15) is 5.75 Å². The average Bonchev–Trinajstić information content (AvgIpc) is 2.51. The number of nitrogens with zero attached hydrogens (tertiary/aromatic N) is 3. The van der Waals surface area contributed by atoms with Crippen LogP contribution in [0.4, 0.5) is 5.82 Å². The first-order valence-corrected chi connectivity index (χ1v) is 7.17. The minimum atomic E-state index is 0.350. The molecule has 2 rings (SSSR count). The van der Waals surface area contributed by atoms with Crippen molar-refractivity contribution in [3.8, 4) is 5.75 Å². The molecular weight excluding hydrogens is 288 g/mol. The van der Waals surface area contributed by atoms with Crippen LogP contribution in [-0.2, 0) is 0 Å². The second kappa shape index (κ2) is 8.21. The third-order valence-corrected chi connectivity index (χ3v) is 2.87. The quantitative estimate of drug-likeness (QED) is 0.481. The second-order valence-corrected chi connectivity index (χ2v) is 4.77. The SMILES string of the molecule is CCCCOc1ccc(/C=N\Nc2ccc(Cl)nn2)cc1. The molecule has 0 aliphatic heterocycles. The first-order chi connectivity index (χ1) is 10.3. The number of hydrogen-bond donors (Lipinski definition) is 1. The molecule has 110 valence electrons. The molecule has 21 heavy (non-hydrogen) atoms. The Morgan fingerprint density at radius 2 is 2.00 bits per heavy atom. The van der Waals surface area contributed by atoms with Crippen LogP contribution in [0.15, 0.2) is 41.5 Å². The summed E-state index contributed by atoms with van der Waals surface area (Å²) in [5, 5.41) is 12.0. The van der Waals surface area contributed by atoms with Crippen molar-refractivity contribution in [2.24, 2.45) is 5.10 Å². The maximum absolute atomic E-state index is 5.65. The Balaban J connectivity index is 1.84. The maximum Gasteiger partial charge on any atom is 0.168 e. The fourth-order valence-corrected chi connectivity index (χ4v) is 1.63. The van der Waals surface area contributed by atoms with E-state index in [0.29, 0.717) is 11.0 Å². The molecule has 0 bridgehead atoms. The standard InChI is InChI=1S/C15H17ClN4O/c1-2-3-10-21-13-6-4-12(5-7-13)11-17-19-15-9-8-14(16)18-20-15/h4-9,11H,2-3,10H2,1H3,(H,19,20)/b17-11-. The van der Waals surface area contributed by atoms with Gasteiger partial charge in [-0.15, -0.1) is 10.2 Å². The van der Waals surface area contributed by atoms with E-state index in [0.717, 1.165) is 30.8 Å². The van der Waals surface area contributed by atoms with E-state index < -0.39 is 0 Å². The summed E-state index contributed by atoms with van der Waals surface area (Å²) in [6, 6.07) is 11.1. The molecule has 1 N–H and O–H groups in total. The molecule has 0 fully saturated rings. The van der Waals surface area contributed by atoms with Crippen LogP contribution in [0.1, 0.15) is 25.3 Å². The predicted molar refractivity (Wildman–Crippen MR) is 85.1 cm³/mol. The smallest absolute Gasteiger partial charge is 0.168 e. The highest BCUT2D eigenvalue weighted by molar-refractivity contribution is 6.29. The van der Waals surface area contributed by atoms with Gasteiger partial charge in [0.2, 0.25) is 0 Å². The normalized spacial score (nSPS) is 10.8. The molecule has 0 unspecified atom stereocenters. The summed E-state index contributed by atoms with van der Waals surface area (Å²) in [4.78, 5) is 0. The van der Waals surface area contributed by atoms with Crippen LogP contribution in [0.25, 0.3) is 0 Å². The molecule has 5 nitrogen and oxygen atoms in total. The van der Waals surface area contributed by atoms with Crippen molar-refractivity contribution < 1.29 is 4.74 Å². The van der Waals surface area contributed by atoms with E-state index in [4.69, 9.17) is 16.3 Å². The Morgan fingerprint density at radius 1 is 1.19 bits per heavy atom. The van der Waals surface area contributed by atoms with Crippen molar-refractivity contribution in [1.82, 2.24) is 10.2 Å². The van der Waals surface area contributed by atoms with Gasteiger partial charge in [-0.1, -0.05) is 24.9 Å². The van der Waals surface area contributed by atoms with Crippen LogP contribution < -0.4 is 10.2 Å². The van der Waals surface area contributed by atoms with Gasteiger partial charge in [-0.3, -0.25) is 5.43 Å². The molecule has 0 saturated heterocycles. The Morgan fingerprint density at radius 3 is 2.67 bits per heavy atom. The fraction of sp³-hybridized carbons (Fsp3) is 0.267. The lowest BCUT2D eigenvalue weighted by Gasteiger charge is -2.04. The monoisotopic (exact) mass is 304 g/mol. The van der Waals surface area contributed by atoms with E-state index in [-0.39, 0.29) is 0 Å². The zero-order valence-electron chi connectivity index (χ0n) is 11.8. The van der Waals surface area contributed by atoms with Gasteiger partial charge >= 0.3 is 0 Å². The highest BCUT2D eigenvalue weighted by atomic mass is 35.5. The zero-order valence-corrected chi connectivity index (χ0v) is 12.5. The maximum atomic E-state index is 5.65. The highest BCUT2D eigenvalue weighted by Crippen LogP contribution is 2.12. The van der Waals surface area contributed by atoms with Crippen LogP contribution in [0.2, 0.25) is 5.15 Å². The van der Waals surface area contributed by atoms with Gasteiger partial charge in [0.25, 0.3) is 0 Å². The van der Waals surface area contributed by atoms with Gasteiger partial charge in [0.05, 0.1) is 12.8 Å². The summed E-state index contributed by atoms with van der Waals surface area (Å²) in [7, 11) is 0. The fourth-order valence-electron chi connectivity index (χ4n) is 1.53. The number of benzene rings is 1. The number of hydrazone groups is 1. The van der Waals surface area contributed by atoms with Crippen LogP contribution in [0.3, 0.4) is 0 Å². The molecule has 0 saturated carbocycles. The molecule has 0 spiro atoms. The highest BCUT2D eigenvalue weighted by Gasteiger charge is 1.95. The van der Waals surface area contributed by atoms with Crippen LogP contribution >= 0.6 is 11.6 Å². The lowest BCUT2D eigenvalue weighted by Crippen LogP contribution is -1.97. The molecule has 1 heterocycles. The first kappa shape index (κ1) is 15.3. The molecule has 0 radical (unpaired) electrons. The predicted octanol–water partition coefficient (Wildman–Crippen LogP) is 3.75. The number of unbranched alkanes of at least 4 members (excludes halogenated alkanes) is 1. The molecule has 1 aromatic heterocycles. The van der Waals surface area contributed by atoms with Crippen LogP contribution in [-0.4, -0.2) is 23.0 Å². The second-order valence-electron chi connectivity index (χ2n) is 4.38. The molecule has 2 aromatic rings. The van der Waals surface area contributed by atoms with E-state index in [9.17, 15) is 0 Å². The average molecular weight is 305 g/mol. The minimum absolute atomic E-state index is 0.350. The van der Waals surface area contributed by atoms with E-state index in [1.807, 2.05) is 24.3 Å². The number of aromatic nitrogens is 2. The largest absolute Gasteiger partial charge is 0.494 e. The van der Waals surface area contributed by atoms with Crippen molar-refractivity contribution in [3.63, 3.8) is 0 Å². The Bertz CT molecular complexity index is 569. The molecule has 6 heteroatoms. The molecular formula is C15H17ClN4O. The third-order valence-electron chi connectivity index (χ3n) is 2.67. The summed E-state index contributed by atoms with van der Waals surface area (Å²) in [6.07, 6.45) is 3.89. The first-order valence-electron chi connectivity index (χ1n) is 6.79. The summed E-state index contributed by atoms with van der Waals surface area (Å²) in [6.45, 7) is 2.89. The van der Waals surface area contributed by atoms with Crippen molar-refractivity contribution in [2.45, 2.75) is 19.8 Å². The van der Waals surface area contributed by atoms with Gasteiger partial charge in [-0.2, -0.15) is 5.10 Å². The number of nitrogens with one attached hydrogen (secondary N) is 1. The number of hydrogen-bond acceptors (Lipinski definition) is 5. The van der Waals surface area contributed by atoms with E-state index in [2.05, 4.69) is 27.6 Å². The molecule has 1 aromatic carbocycles. The van der Waals surface area contributed by atoms with Crippen molar-refractivity contribution in [1.29, 1.82) is 0 Å². The topological polar surface area (TPSA) is 59.4 Å². The van der Waals surface area contributed by atoms with Gasteiger partial charge in [0, 0.05) is 0 Å². The van der Waals surface area contributed by atoms with Crippen molar-refractivity contribution in [2.75, 3.05) is 12.0 Å².